The molecule has 0 spiro atoms. The van der Waals surface area contributed by atoms with E-state index in [1.807, 2.05) is 0 Å². The summed E-state index contributed by atoms with van der Waals surface area (Å²) in [5, 5.41) is 3.69. The highest BCUT2D eigenvalue weighted by molar-refractivity contribution is 7.92. The van der Waals surface area contributed by atoms with E-state index in [1.54, 1.807) is 13.8 Å². The van der Waals surface area contributed by atoms with Crippen molar-refractivity contribution in [1.29, 1.82) is 0 Å². The summed E-state index contributed by atoms with van der Waals surface area (Å²) in [4.78, 5) is 0.136. The average Bonchev–Trinajstić information content (AvgIpc) is 2.61. The van der Waals surface area contributed by atoms with Crippen LogP contribution in [0.25, 0.3) is 0 Å². The van der Waals surface area contributed by atoms with Crippen molar-refractivity contribution in [2.24, 2.45) is 0 Å². The van der Waals surface area contributed by atoms with Gasteiger partial charge in [-0.15, -0.1) is 0 Å². The molecule has 0 radical (unpaired) electrons. The smallest absolute Gasteiger partial charge is 0.262 e. The molecular formula is C11H13N3O3S. The molecule has 18 heavy (non-hydrogen) atoms. The largest absolute Gasteiger partial charge is 0.399 e. The van der Waals surface area contributed by atoms with E-state index in [1.165, 1.54) is 24.3 Å². The Morgan fingerprint density at radius 1 is 1.22 bits per heavy atom. The van der Waals surface area contributed by atoms with Gasteiger partial charge in [0.1, 0.15) is 11.4 Å². The van der Waals surface area contributed by atoms with Gasteiger partial charge >= 0.3 is 0 Å². The zero-order valence-corrected chi connectivity index (χ0v) is 10.8. The predicted octanol–water partition coefficient (Wildman–Crippen LogP) is 1.67. The fourth-order valence-electron chi connectivity index (χ4n) is 1.47. The van der Waals surface area contributed by atoms with Gasteiger partial charge < -0.3 is 10.3 Å². The van der Waals surface area contributed by atoms with E-state index in [2.05, 4.69) is 9.88 Å². The zero-order valence-electron chi connectivity index (χ0n) is 9.97. The fraction of sp³-hybridized carbons (Fsp3) is 0.182. The van der Waals surface area contributed by atoms with Crippen molar-refractivity contribution in [2.45, 2.75) is 18.7 Å². The summed E-state index contributed by atoms with van der Waals surface area (Å²) in [5.41, 5.74) is 6.88. The van der Waals surface area contributed by atoms with Crippen LogP contribution in [0.4, 0.5) is 11.4 Å². The Morgan fingerprint density at radius 2 is 1.83 bits per heavy atom. The van der Waals surface area contributed by atoms with E-state index in [0.29, 0.717) is 22.8 Å². The second-order valence-corrected chi connectivity index (χ2v) is 5.56. The standard InChI is InChI=1S/C11H13N3O3S/c1-7-11(8(2)17-13-7)14-18(15,16)10-5-3-9(12)4-6-10/h3-6,14H,12H2,1-2H3. The molecule has 0 fully saturated rings. The SMILES string of the molecule is Cc1noc(C)c1NS(=O)(=O)c1ccc(N)cc1. The Kier molecular flexibility index (Phi) is 3.00. The quantitative estimate of drug-likeness (QED) is 0.824. The minimum Gasteiger partial charge on any atom is -0.399 e. The number of hydrogen-bond donors (Lipinski definition) is 2. The van der Waals surface area contributed by atoms with Crippen molar-refractivity contribution in [1.82, 2.24) is 5.16 Å². The molecule has 0 aliphatic heterocycles. The average molecular weight is 267 g/mol. The van der Waals surface area contributed by atoms with Gasteiger partial charge in [0.25, 0.3) is 10.0 Å². The van der Waals surface area contributed by atoms with Crippen LogP contribution in [0.1, 0.15) is 11.5 Å². The molecule has 0 bridgehead atoms. The number of sulfonamides is 1. The number of aryl methyl sites for hydroxylation is 2. The van der Waals surface area contributed by atoms with Crippen molar-refractivity contribution in [3.63, 3.8) is 0 Å². The maximum absolute atomic E-state index is 12.1. The first-order valence-corrected chi connectivity index (χ1v) is 6.70. The number of nitrogens with one attached hydrogen (secondary N) is 1. The lowest BCUT2D eigenvalue weighted by Crippen LogP contribution is -2.13. The minimum atomic E-state index is -3.65. The highest BCUT2D eigenvalue weighted by Crippen LogP contribution is 2.23. The van der Waals surface area contributed by atoms with E-state index >= 15 is 0 Å². The van der Waals surface area contributed by atoms with Gasteiger partial charge in [0.15, 0.2) is 5.76 Å². The summed E-state index contributed by atoms with van der Waals surface area (Å²) in [6.07, 6.45) is 0. The molecule has 7 heteroatoms. The second-order valence-electron chi connectivity index (χ2n) is 3.87. The molecule has 96 valence electrons. The third-order valence-electron chi connectivity index (χ3n) is 2.46. The molecule has 3 N–H and O–H groups in total. The van der Waals surface area contributed by atoms with Crippen LogP contribution in [-0.2, 0) is 10.0 Å². The van der Waals surface area contributed by atoms with Crippen molar-refractivity contribution >= 4 is 21.4 Å². The molecule has 0 unspecified atom stereocenters. The Labute approximate surface area is 105 Å². The number of benzene rings is 1. The third-order valence-corrected chi connectivity index (χ3v) is 3.83. The van der Waals surface area contributed by atoms with E-state index in [0.717, 1.165) is 0 Å². The van der Waals surface area contributed by atoms with Crippen LogP contribution < -0.4 is 10.5 Å². The fourth-order valence-corrected chi connectivity index (χ4v) is 2.64. The normalized spacial score (nSPS) is 11.4. The number of nitrogen functional groups attached to an aromatic ring is 1. The number of nitrogens with zero attached hydrogens (tertiary/aromatic N) is 1. The maximum Gasteiger partial charge on any atom is 0.262 e. The van der Waals surface area contributed by atoms with Crippen LogP contribution in [0.2, 0.25) is 0 Å². The summed E-state index contributed by atoms with van der Waals surface area (Å²) in [7, 11) is -3.65. The number of aromatic nitrogens is 1. The lowest BCUT2D eigenvalue weighted by atomic mass is 10.3. The van der Waals surface area contributed by atoms with E-state index in [4.69, 9.17) is 10.3 Å². The molecule has 1 heterocycles. The molecule has 0 saturated heterocycles. The molecule has 0 amide bonds. The summed E-state index contributed by atoms with van der Waals surface area (Å²) >= 11 is 0. The van der Waals surface area contributed by atoms with Crippen molar-refractivity contribution in [2.75, 3.05) is 10.5 Å². The van der Waals surface area contributed by atoms with Gasteiger partial charge in [-0.1, -0.05) is 5.16 Å². The highest BCUT2D eigenvalue weighted by atomic mass is 32.2. The Bertz CT molecular complexity index is 640. The Hall–Kier alpha value is -2.02. The topological polar surface area (TPSA) is 98.2 Å². The summed E-state index contributed by atoms with van der Waals surface area (Å²) in [5.74, 6) is 0.423. The predicted molar refractivity (Wildman–Crippen MR) is 67.6 cm³/mol. The Morgan fingerprint density at radius 3 is 2.33 bits per heavy atom. The summed E-state index contributed by atoms with van der Waals surface area (Å²) in [6.45, 7) is 3.30. The molecule has 0 aliphatic carbocycles. The lowest BCUT2D eigenvalue weighted by molar-refractivity contribution is 0.393. The van der Waals surface area contributed by atoms with Crippen molar-refractivity contribution in [3.8, 4) is 0 Å². The van der Waals surface area contributed by atoms with Gasteiger partial charge in [-0.25, -0.2) is 8.42 Å². The molecule has 0 aliphatic rings. The van der Waals surface area contributed by atoms with Gasteiger partial charge in [0.2, 0.25) is 0 Å². The molecule has 2 aromatic rings. The van der Waals surface area contributed by atoms with E-state index in [9.17, 15) is 8.42 Å². The first kappa shape index (κ1) is 12.4. The summed E-state index contributed by atoms with van der Waals surface area (Å²) < 4.78 is 31.5. The maximum atomic E-state index is 12.1. The molecule has 1 aromatic carbocycles. The minimum absolute atomic E-state index is 0.136. The number of rotatable bonds is 3. The number of nitrogens with two attached hydrogens (primary N) is 1. The molecule has 2 rings (SSSR count). The molecule has 6 nitrogen and oxygen atoms in total. The van der Waals surface area contributed by atoms with Crippen LogP contribution in [0.15, 0.2) is 33.7 Å². The molecule has 1 aromatic heterocycles. The van der Waals surface area contributed by atoms with Gasteiger partial charge in [-0.05, 0) is 38.1 Å². The second kappa shape index (κ2) is 4.34. The van der Waals surface area contributed by atoms with Crippen LogP contribution in [-0.4, -0.2) is 13.6 Å². The monoisotopic (exact) mass is 267 g/mol. The summed E-state index contributed by atoms with van der Waals surface area (Å²) in [6, 6.07) is 5.94. The van der Waals surface area contributed by atoms with E-state index in [-0.39, 0.29) is 4.90 Å². The number of anilines is 2. The van der Waals surface area contributed by atoms with Crippen LogP contribution in [0.5, 0.6) is 0 Å². The number of hydrogen-bond acceptors (Lipinski definition) is 5. The zero-order chi connectivity index (χ0) is 13.3. The van der Waals surface area contributed by atoms with Crippen LogP contribution in [0.3, 0.4) is 0 Å². The molecule has 0 atom stereocenters. The third kappa shape index (κ3) is 2.30. The van der Waals surface area contributed by atoms with Crippen molar-refractivity contribution < 1.29 is 12.9 Å². The highest BCUT2D eigenvalue weighted by Gasteiger charge is 2.18. The van der Waals surface area contributed by atoms with Gasteiger partial charge in [-0.2, -0.15) is 0 Å². The Balaban J connectivity index is 2.36. The van der Waals surface area contributed by atoms with Crippen LogP contribution in [0, 0.1) is 13.8 Å². The van der Waals surface area contributed by atoms with Crippen LogP contribution >= 0.6 is 0 Å². The van der Waals surface area contributed by atoms with Gasteiger partial charge in [0.05, 0.1) is 4.90 Å². The van der Waals surface area contributed by atoms with Crippen molar-refractivity contribution in [3.05, 3.63) is 35.7 Å². The molecule has 0 saturated carbocycles. The first-order valence-electron chi connectivity index (χ1n) is 5.21. The molecular weight excluding hydrogens is 254 g/mol. The van der Waals surface area contributed by atoms with E-state index < -0.39 is 10.0 Å². The lowest BCUT2D eigenvalue weighted by Gasteiger charge is -2.07. The van der Waals surface area contributed by atoms with Gasteiger partial charge in [-0.3, -0.25) is 4.72 Å². The van der Waals surface area contributed by atoms with Gasteiger partial charge in [0, 0.05) is 5.69 Å². The first-order chi connectivity index (χ1) is 8.40.